The first-order valence-electron chi connectivity index (χ1n) is 6.91. The fraction of sp³-hybridized carbons (Fsp3) is 0.375. The van der Waals surface area contributed by atoms with Gasteiger partial charge in [0.25, 0.3) is 0 Å². The molecule has 2 rings (SSSR count). The van der Waals surface area contributed by atoms with Crippen LogP contribution in [0.1, 0.15) is 31.0 Å². The van der Waals surface area contributed by atoms with Gasteiger partial charge in [-0.2, -0.15) is 0 Å². The van der Waals surface area contributed by atoms with Crippen molar-refractivity contribution < 1.29 is 9.84 Å². The Kier molecular flexibility index (Phi) is 4.31. The Morgan fingerprint density at radius 3 is 2.48 bits per heavy atom. The van der Waals surface area contributed by atoms with Gasteiger partial charge in [-0.1, -0.05) is 13.8 Å². The van der Waals surface area contributed by atoms with Crippen molar-refractivity contribution in [3.8, 4) is 22.9 Å². The summed E-state index contributed by atoms with van der Waals surface area (Å²) in [7, 11) is 3.37. The third-order valence-corrected chi connectivity index (χ3v) is 3.39. The second-order valence-electron chi connectivity index (χ2n) is 5.19. The van der Waals surface area contributed by atoms with Gasteiger partial charge in [0.05, 0.1) is 7.11 Å². The summed E-state index contributed by atoms with van der Waals surface area (Å²) < 4.78 is 5.05. The number of phenolic OH excluding ortho intramolecular Hbond substituents is 1. The lowest BCUT2D eigenvalue weighted by molar-refractivity contribution is 0.373. The predicted molar refractivity (Wildman–Crippen MR) is 84.1 cm³/mol. The van der Waals surface area contributed by atoms with Crippen molar-refractivity contribution in [3.05, 3.63) is 29.5 Å². The lowest BCUT2D eigenvalue weighted by Gasteiger charge is -2.16. The minimum absolute atomic E-state index is 0.0789. The lowest BCUT2D eigenvalue weighted by Crippen LogP contribution is -2.07. The summed E-state index contributed by atoms with van der Waals surface area (Å²) in [5.41, 5.74) is 2.80. The van der Waals surface area contributed by atoms with Gasteiger partial charge in [0.2, 0.25) is 0 Å². The van der Waals surface area contributed by atoms with Gasteiger partial charge < -0.3 is 15.2 Å². The molecule has 0 atom stereocenters. The van der Waals surface area contributed by atoms with E-state index in [0.717, 1.165) is 22.6 Å². The summed E-state index contributed by atoms with van der Waals surface area (Å²) in [6, 6.07) is 5.16. The molecule has 5 heteroatoms. The Bertz CT molecular complexity index is 654. The van der Waals surface area contributed by atoms with Crippen molar-refractivity contribution in [1.29, 1.82) is 0 Å². The quantitative estimate of drug-likeness (QED) is 0.902. The molecule has 0 amide bonds. The molecule has 0 bridgehead atoms. The molecule has 1 aromatic carbocycles. The zero-order valence-corrected chi connectivity index (χ0v) is 13.1. The number of benzene rings is 1. The molecule has 1 heterocycles. The second kappa shape index (κ2) is 5.99. The number of nitrogens with one attached hydrogen (secondary N) is 1. The molecule has 21 heavy (non-hydrogen) atoms. The Morgan fingerprint density at radius 1 is 1.24 bits per heavy atom. The van der Waals surface area contributed by atoms with E-state index < -0.39 is 0 Å². The Morgan fingerprint density at radius 2 is 1.95 bits per heavy atom. The highest BCUT2D eigenvalue weighted by Crippen LogP contribution is 2.32. The maximum atomic E-state index is 9.90. The molecule has 0 saturated heterocycles. The number of aryl methyl sites for hydroxylation is 1. The van der Waals surface area contributed by atoms with Gasteiger partial charge in [-0.05, 0) is 31.0 Å². The first-order valence-corrected chi connectivity index (χ1v) is 6.91. The van der Waals surface area contributed by atoms with Crippen molar-refractivity contribution in [2.45, 2.75) is 26.7 Å². The maximum absolute atomic E-state index is 9.90. The maximum Gasteiger partial charge on any atom is 0.161 e. The van der Waals surface area contributed by atoms with Crippen LogP contribution >= 0.6 is 0 Å². The Labute approximate surface area is 125 Å². The molecule has 0 fully saturated rings. The number of ether oxygens (including phenoxy) is 1. The molecule has 112 valence electrons. The SMILES string of the molecule is CNc1nc(-c2ccc(OC)c(O)c2)nc(C)c1C(C)C. The molecular weight excluding hydrogens is 266 g/mol. The predicted octanol–water partition coefficient (Wildman–Crippen LogP) is 3.33. The summed E-state index contributed by atoms with van der Waals surface area (Å²) in [4.78, 5) is 9.13. The molecule has 0 spiro atoms. The number of hydrogen-bond acceptors (Lipinski definition) is 5. The van der Waals surface area contributed by atoms with Gasteiger partial charge in [0, 0.05) is 23.9 Å². The van der Waals surface area contributed by atoms with E-state index in [9.17, 15) is 5.11 Å². The van der Waals surface area contributed by atoms with E-state index in [1.807, 2.05) is 20.0 Å². The van der Waals surface area contributed by atoms with E-state index in [-0.39, 0.29) is 5.75 Å². The summed E-state index contributed by atoms with van der Waals surface area (Å²) in [5, 5.41) is 13.0. The smallest absolute Gasteiger partial charge is 0.161 e. The summed E-state index contributed by atoms with van der Waals surface area (Å²) in [5.74, 6) is 2.26. The number of aromatic hydroxyl groups is 1. The monoisotopic (exact) mass is 287 g/mol. The number of methoxy groups -OCH3 is 1. The molecule has 0 radical (unpaired) electrons. The molecule has 0 unspecified atom stereocenters. The van der Waals surface area contributed by atoms with Gasteiger partial charge in [-0.15, -0.1) is 0 Å². The normalized spacial score (nSPS) is 10.8. The first kappa shape index (κ1) is 15.1. The largest absolute Gasteiger partial charge is 0.504 e. The topological polar surface area (TPSA) is 67.3 Å². The van der Waals surface area contributed by atoms with Crippen molar-refractivity contribution in [3.63, 3.8) is 0 Å². The average molecular weight is 287 g/mol. The van der Waals surface area contributed by atoms with Crippen LogP contribution in [0.25, 0.3) is 11.4 Å². The van der Waals surface area contributed by atoms with Crippen LogP contribution in [0.3, 0.4) is 0 Å². The van der Waals surface area contributed by atoms with E-state index >= 15 is 0 Å². The molecule has 1 aromatic heterocycles. The Hall–Kier alpha value is -2.30. The van der Waals surface area contributed by atoms with Gasteiger partial charge >= 0.3 is 0 Å². The van der Waals surface area contributed by atoms with Crippen LogP contribution in [0.5, 0.6) is 11.5 Å². The number of hydrogen-bond donors (Lipinski definition) is 2. The standard InChI is InChI=1S/C16H21N3O2/c1-9(2)14-10(3)18-15(19-16(14)17-4)11-6-7-13(21-5)12(20)8-11/h6-9,20H,1-5H3,(H,17,18,19). The van der Waals surface area contributed by atoms with E-state index in [0.29, 0.717) is 17.5 Å². The number of phenols is 1. The second-order valence-corrected chi connectivity index (χ2v) is 5.19. The third-order valence-electron chi connectivity index (χ3n) is 3.39. The molecule has 0 aliphatic rings. The van der Waals surface area contributed by atoms with Crippen LogP contribution < -0.4 is 10.1 Å². The number of aromatic nitrogens is 2. The minimum atomic E-state index is 0.0789. The van der Waals surface area contributed by atoms with Crippen molar-refractivity contribution in [2.24, 2.45) is 0 Å². The van der Waals surface area contributed by atoms with Crippen LogP contribution in [-0.4, -0.2) is 29.2 Å². The van der Waals surface area contributed by atoms with Gasteiger partial charge in [0.1, 0.15) is 5.82 Å². The highest BCUT2D eigenvalue weighted by molar-refractivity contribution is 5.63. The summed E-state index contributed by atoms with van der Waals surface area (Å²) >= 11 is 0. The molecule has 5 nitrogen and oxygen atoms in total. The third kappa shape index (κ3) is 2.91. The van der Waals surface area contributed by atoms with Crippen LogP contribution in [0.2, 0.25) is 0 Å². The van der Waals surface area contributed by atoms with E-state index in [2.05, 4.69) is 29.1 Å². The summed E-state index contributed by atoms with van der Waals surface area (Å²) in [6.07, 6.45) is 0. The van der Waals surface area contributed by atoms with Crippen LogP contribution in [-0.2, 0) is 0 Å². The molecule has 0 saturated carbocycles. The van der Waals surface area contributed by atoms with Gasteiger partial charge in [0.15, 0.2) is 17.3 Å². The summed E-state index contributed by atoms with van der Waals surface area (Å²) in [6.45, 7) is 6.21. The highest BCUT2D eigenvalue weighted by atomic mass is 16.5. The van der Waals surface area contributed by atoms with Gasteiger partial charge in [-0.25, -0.2) is 9.97 Å². The molecule has 0 aliphatic heterocycles. The lowest BCUT2D eigenvalue weighted by atomic mass is 10.0. The zero-order valence-electron chi connectivity index (χ0n) is 13.1. The zero-order chi connectivity index (χ0) is 15.6. The number of rotatable bonds is 4. The number of nitrogens with zero attached hydrogens (tertiary/aromatic N) is 2. The highest BCUT2D eigenvalue weighted by Gasteiger charge is 2.15. The van der Waals surface area contributed by atoms with Crippen molar-refractivity contribution in [2.75, 3.05) is 19.5 Å². The molecule has 2 aromatic rings. The van der Waals surface area contributed by atoms with Gasteiger partial charge in [-0.3, -0.25) is 0 Å². The first-order chi connectivity index (χ1) is 9.97. The average Bonchev–Trinajstić information content (AvgIpc) is 2.45. The van der Waals surface area contributed by atoms with Crippen molar-refractivity contribution >= 4 is 5.82 Å². The molecule has 2 N–H and O–H groups in total. The van der Waals surface area contributed by atoms with Crippen LogP contribution in [0.4, 0.5) is 5.82 Å². The van der Waals surface area contributed by atoms with Crippen LogP contribution in [0.15, 0.2) is 18.2 Å². The van der Waals surface area contributed by atoms with Crippen LogP contribution in [0, 0.1) is 6.92 Å². The minimum Gasteiger partial charge on any atom is -0.504 e. The fourth-order valence-corrected chi connectivity index (χ4v) is 2.42. The fourth-order valence-electron chi connectivity index (χ4n) is 2.42. The van der Waals surface area contributed by atoms with E-state index in [1.54, 1.807) is 12.1 Å². The number of anilines is 1. The van der Waals surface area contributed by atoms with E-state index in [4.69, 9.17) is 4.74 Å². The van der Waals surface area contributed by atoms with E-state index in [1.165, 1.54) is 7.11 Å². The van der Waals surface area contributed by atoms with Crippen molar-refractivity contribution in [1.82, 2.24) is 9.97 Å². The molecule has 0 aliphatic carbocycles. The molecular formula is C16H21N3O2. The Balaban J connectivity index is 2.55.